The van der Waals surface area contributed by atoms with Gasteiger partial charge >= 0.3 is 0 Å². The molecule has 0 aliphatic carbocycles. The van der Waals surface area contributed by atoms with Gasteiger partial charge < -0.3 is 24.8 Å². The molecule has 17 heteroatoms. The number of para-hydroxylation sites is 1. The number of ketones is 1. The number of hydrogen-bond acceptors (Lipinski definition) is 12. The van der Waals surface area contributed by atoms with Crippen molar-refractivity contribution in [3.63, 3.8) is 0 Å². The molecule has 64 heavy (non-hydrogen) atoms. The Bertz CT molecular complexity index is 2630. The summed E-state index contributed by atoms with van der Waals surface area (Å²) in [6, 6.07) is 18.5. The molecule has 5 aromatic rings. The first kappa shape index (κ1) is 42.6. The molecular formula is C47H48ClN9O7. The smallest absolute Gasteiger partial charge is 0.262 e. The van der Waals surface area contributed by atoms with Gasteiger partial charge in [-0.05, 0) is 81.1 Å². The van der Waals surface area contributed by atoms with Crippen LogP contribution in [0, 0.1) is 0 Å². The second-order valence-corrected chi connectivity index (χ2v) is 17.1. The van der Waals surface area contributed by atoms with Gasteiger partial charge in [-0.1, -0.05) is 36.2 Å². The van der Waals surface area contributed by atoms with Gasteiger partial charge in [-0.3, -0.25) is 43.9 Å². The number of piperidine rings is 2. The van der Waals surface area contributed by atoms with Crippen molar-refractivity contribution in [1.82, 2.24) is 35.0 Å². The van der Waals surface area contributed by atoms with Crippen molar-refractivity contribution in [2.75, 3.05) is 56.0 Å². The zero-order valence-electron chi connectivity index (χ0n) is 35.2. The number of hydrogen-bond donors (Lipinski definition) is 3. The summed E-state index contributed by atoms with van der Waals surface area (Å²) < 4.78 is 5.90. The minimum atomic E-state index is -0.989. The number of likely N-dealkylation sites (tertiary alicyclic amines) is 1. The molecule has 0 saturated carbocycles. The topological polar surface area (TPSA) is 190 Å². The zero-order valence-corrected chi connectivity index (χ0v) is 35.9. The van der Waals surface area contributed by atoms with Crippen LogP contribution in [0.3, 0.4) is 0 Å². The fourth-order valence-corrected chi connectivity index (χ4v) is 9.37. The van der Waals surface area contributed by atoms with E-state index in [1.54, 1.807) is 36.5 Å². The average molecular weight is 886 g/mol. The van der Waals surface area contributed by atoms with E-state index in [-0.39, 0.29) is 46.7 Å². The Morgan fingerprint density at radius 3 is 2.44 bits per heavy atom. The molecule has 2 atom stereocenters. The molecule has 3 N–H and O–H groups in total. The van der Waals surface area contributed by atoms with Gasteiger partial charge in [0.25, 0.3) is 11.8 Å². The number of unbranched alkanes of at least 4 members (excludes halogenated alkanes) is 2. The van der Waals surface area contributed by atoms with Gasteiger partial charge in [-0.25, -0.2) is 9.97 Å². The van der Waals surface area contributed by atoms with Crippen LogP contribution in [0.4, 0.5) is 11.5 Å². The lowest BCUT2D eigenvalue weighted by Crippen LogP contribution is -2.54. The number of anilines is 2. The van der Waals surface area contributed by atoms with Crippen molar-refractivity contribution >= 4 is 69.5 Å². The fourth-order valence-electron chi connectivity index (χ4n) is 9.11. The van der Waals surface area contributed by atoms with Gasteiger partial charge in [0.2, 0.25) is 17.7 Å². The van der Waals surface area contributed by atoms with E-state index in [4.69, 9.17) is 16.3 Å². The Labute approximate surface area is 374 Å². The highest BCUT2D eigenvalue weighted by molar-refractivity contribution is 6.36. The van der Waals surface area contributed by atoms with Crippen molar-refractivity contribution in [2.45, 2.75) is 63.5 Å². The molecule has 16 nitrogen and oxygen atoms in total. The van der Waals surface area contributed by atoms with E-state index >= 15 is 0 Å². The number of halogens is 1. The molecule has 2 aromatic heterocycles. The number of nitrogens with one attached hydrogen (secondary N) is 3. The second kappa shape index (κ2) is 18.6. The van der Waals surface area contributed by atoms with E-state index in [0.717, 1.165) is 75.4 Å². The first-order chi connectivity index (χ1) is 31.1. The summed E-state index contributed by atoms with van der Waals surface area (Å²) in [5, 5.41) is 6.58. The minimum Gasteiger partial charge on any atom is -0.457 e. The van der Waals surface area contributed by atoms with E-state index in [9.17, 15) is 28.8 Å². The number of fused-ring (bicyclic) bond motifs is 2. The number of rotatable bonds is 14. The molecule has 3 fully saturated rings. The zero-order chi connectivity index (χ0) is 44.3. The molecule has 4 aliphatic heterocycles. The molecule has 4 aliphatic rings. The highest BCUT2D eigenvalue weighted by Gasteiger charge is 2.45. The fraction of sp³-hybridized carbons (Fsp3) is 0.362. The minimum absolute atomic E-state index is 0.0577. The van der Waals surface area contributed by atoms with E-state index < -0.39 is 29.7 Å². The summed E-state index contributed by atoms with van der Waals surface area (Å²) in [5.74, 6) is -0.487. The summed E-state index contributed by atoms with van der Waals surface area (Å²) in [7, 11) is 0. The van der Waals surface area contributed by atoms with Crippen LogP contribution in [0.2, 0.25) is 5.02 Å². The van der Waals surface area contributed by atoms with Crippen molar-refractivity contribution in [3.8, 4) is 11.5 Å². The Hall–Kier alpha value is -6.65. The summed E-state index contributed by atoms with van der Waals surface area (Å²) in [5.41, 5.74) is 2.64. The van der Waals surface area contributed by atoms with Crippen molar-refractivity contribution in [3.05, 3.63) is 107 Å². The predicted octanol–water partition coefficient (Wildman–Crippen LogP) is 5.82. The average Bonchev–Trinajstić information content (AvgIpc) is 3.85. The number of carbonyl (C=O) groups excluding carboxylic acids is 6. The number of imide groups is 2. The van der Waals surface area contributed by atoms with Gasteiger partial charge in [-0.15, -0.1) is 0 Å². The molecule has 5 amide bonds. The number of amides is 5. The lowest BCUT2D eigenvalue weighted by atomic mass is 10.0. The predicted molar refractivity (Wildman–Crippen MR) is 239 cm³/mol. The molecule has 3 saturated heterocycles. The number of ether oxygens (including phenoxy) is 1. The van der Waals surface area contributed by atoms with Crippen LogP contribution in [0.5, 0.6) is 11.5 Å². The maximum absolute atomic E-state index is 13.9. The third-order valence-corrected chi connectivity index (χ3v) is 12.8. The summed E-state index contributed by atoms with van der Waals surface area (Å²) >= 11 is 6.63. The number of aromatic amines is 1. The van der Waals surface area contributed by atoms with Crippen LogP contribution in [0.25, 0.3) is 11.0 Å². The van der Waals surface area contributed by atoms with Crippen LogP contribution in [-0.4, -0.2) is 123 Å². The summed E-state index contributed by atoms with van der Waals surface area (Å²) in [6.45, 7) is 5.36. The van der Waals surface area contributed by atoms with Crippen LogP contribution in [-0.2, 0) is 14.4 Å². The lowest BCUT2D eigenvalue weighted by molar-refractivity contribution is -0.136. The van der Waals surface area contributed by atoms with E-state index in [1.807, 2.05) is 41.3 Å². The van der Waals surface area contributed by atoms with Gasteiger partial charge in [0.1, 0.15) is 35.3 Å². The largest absolute Gasteiger partial charge is 0.457 e. The molecule has 0 radical (unpaired) electrons. The van der Waals surface area contributed by atoms with E-state index in [0.29, 0.717) is 59.0 Å². The molecule has 330 valence electrons. The number of benzene rings is 3. The number of piperazine rings is 1. The van der Waals surface area contributed by atoms with Crippen molar-refractivity contribution in [1.29, 1.82) is 0 Å². The Morgan fingerprint density at radius 1 is 0.828 bits per heavy atom. The Kier molecular flexibility index (Phi) is 12.4. The van der Waals surface area contributed by atoms with Crippen molar-refractivity contribution < 1.29 is 33.5 Å². The van der Waals surface area contributed by atoms with Crippen molar-refractivity contribution in [2.24, 2.45) is 0 Å². The van der Waals surface area contributed by atoms with Crippen LogP contribution < -0.4 is 20.3 Å². The third kappa shape index (κ3) is 8.92. The molecule has 9 rings (SSSR count). The monoisotopic (exact) mass is 885 g/mol. The maximum Gasteiger partial charge on any atom is 0.262 e. The molecule has 0 spiro atoms. The number of carbonyl (C=O) groups is 6. The quantitative estimate of drug-likeness (QED) is 0.0690. The van der Waals surface area contributed by atoms with Gasteiger partial charge in [-0.2, -0.15) is 0 Å². The first-order valence-corrected chi connectivity index (χ1v) is 22.3. The molecular weight excluding hydrogens is 838 g/mol. The molecule has 2 unspecified atom stereocenters. The molecule has 6 heterocycles. The van der Waals surface area contributed by atoms with E-state index in [1.165, 1.54) is 6.33 Å². The first-order valence-electron chi connectivity index (χ1n) is 21.9. The van der Waals surface area contributed by atoms with Crippen LogP contribution >= 0.6 is 11.6 Å². The van der Waals surface area contributed by atoms with Crippen LogP contribution in [0.15, 0.2) is 79.3 Å². The number of aromatic nitrogens is 3. The summed E-state index contributed by atoms with van der Waals surface area (Å²) in [6.07, 6.45) is 8.15. The third-order valence-electron chi connectivity index (χ3n) is 12.5. The summed E-state index contributed by atoms with van der Waals surface area (Å²) in [4.78, 5) is 97.3. The Morgan fingerprint density at radius 2 is 1.64 bits per heavy atom. The van der Waals surface area contributed by atoms with Crippen LogP contribution in [0.1, 0.15) is 88.0 Å². The SMILES string of the molecule is O=C1CCC(N2C(=O)c3ccc(N4CCN(CCCCCC(=O)N5CCCC(Nc6ncnc7[nH]cc(C(=O)c8ccc(Oc9ccccc9)cc8Cl)c67)C5)CC4)cc3C2=O)C(=O)N1. The lowest BCUT2D eigenvalue weighted by Gasteiger charge is -2.36. The van der Waals surface area contributed by atoms with Gasteiger partial charge in [0, 0.05) is 81.7 Å². The number of nitrogens with zero attached hydrogens (tertiary/aromatic N) is 6. The second-order valence-electron chi connectivity index (χ2n) is 16.7. The van der Waals surface area contributed by atoms with Gasteiger partial charge in [0.05, 0.1) is 27.1 Å². The standard InChI is InChI=1S/C47H48ClN9O7/c48-37-25-32(64-31-9-3-1-4-10-31)13-15-34(37)42(60)36-26-49-43-41(36)44(51-28-50-43)52-29-8-7-19-56(27-29)40(59)11-5-2-6-18-54-20-22-55(23-21-54)30-12-14-33-35(24-30)47(63)57(46(33)62)38-16-17-39(58)53-45(38)61/h1,3-4,9-10,12-15,24-26,28-29,38H,2,5-8,11,16-23,27H2,(H,53,58,61)(H2,49,50,51,52). The molecule has 3 aromatic carbocycles. The van der Waals surface area contributed by atoms with E-state index in [2.05, 4.69) is 35.4 Å². The molecule has 0 bridgehead atoms. The highest BCUT2D eigenvalue weighted by Crippen LogP contribution is 2.33. The normalized spacial score (nSPS) is 19.2. The van der Waals surface area contributed by atoms with Gasteiger partial charge in [0.15, 0.2) is 5.78 Å². The highest BCUT2D eigenvalue weighted by atomic mass is 35.5. The Balaban J connectivity index is 0.723. The maximum atomic E-state index is 13.9. The number of H-pyrrole nitrogens is 1.